The number of hydrogen-bond donors (Lipinski definition) is 0. The van der Waals surface area contributed by atoms with Gasteiger partial charge in [-0.1, -0.05) is 0 Å². The van der Waals surface area contributed by atoms with Gasteiger partial charge in [0.1, 0.15) is 12.1 Å². The molecule has 126 valence electrons. The van der Waals surface area contributed by atoms with Crippen molar-refractivity contribution in [3.05, 3.63) is 17.6 Å². The first-order chi connectivity index (χ1) is 11.1. The van der Waals surface area contributed by atoms with E-state index in [1.165, 1.54) is 5.56 Å². The Hall–Kier alpha value is -1.73. The number of carbonyl (C=O) groups excluding carboxylic acids is 1. The first kappa shape index (κ1) is 16.1. The molecule has 7 nitrogen and oxygen atoms in total. The Morgan fingerprint density at radius 2 is 1.91 bits per heavy atom. The summed E-state index contributed by atoms with van der Waals surface area (Å²) >= 11 is 0. The standard InChI is InChI=1S/C16H25N5O2/c1-19(2)11-15(22)20-5-3-13-14(4-6-20)17-12-18-16(13)21-7-9-23-10-8-21/h12H,3-11H2,1-2H3. The van der Waals surface area contributed by atoms with E-state index in [-0.39, 0.29) is 5.91 Å². The van der Waals surface area contributed by atoms with Crippen LogP contribution in [-0.2, 0) is 22.4 Å². The van der Waals surface area contributed by atoms with E-state index in [1.54, 1.807) is 6.33 Å². The quantitative estimate of drug-likeness (QED) is 0.769. The number of nitrogens with zero attached hydrogens (tertiary/aromatic N) is 5. The molecular formula is C16H25N5O2. The Labute approximate surface area is 137 Å². The minimum atomic E-state index is 0.184. The highest BCUT2D eigenvalue weighted by atomic mass is 16.5. The van der Waals surface area contributed by atoms with E-state index >= 15 is 0 Å². The van der Waals surface area contributed by atoms with Crippen molar-refractivity contribution < 1.29 is 9.53 Å². The Bertz CT molecular complexity index is 557. The van der Waals surface area contributed by atoms with Crippen molar-refractivity contribution in [3.63, 3.8) is 0 Å². The number of morpholine rings is 1. The van der Waals surface area contributed by atoms with Gasteiger partial charge in [0.05, 0.1) is 25.5 Å². The molecule has 7 heteroatoms. The molecule has 0 spiro atoms. The lowest BCUT2D eigenvalue weighted by atomic mass is 10.1. The zero-order chi connectivity index (χ0) is 16.2. The lowest BCUT2D eigenvalue weighted by molar-refractivity contribution is -0.131. The molecule has 3 rings (SSSR count). The van der Waals surface area contributed by atoms with E-state index in [0.717, 1.165) is 63.7 Å². The molecule has 0 saturated carbocycles. The molecule has 2 aliphatic heterocycles. The van der Waals surface area contributed by atoms with Crippen molar-refractivity contribution in [1.29, 1.82) is 0 Å². The fraction of sp³-hybridized carbons (Fsp3) is 0.688. The van der Waals surface area contributed by atoms with Gasteiger partial charge in [-0.15, -0.1) is 0 Å². The summed E-state index contributed by atoms with van der Waals surface area (Å²) in [5, 5.41) is 0. The zero-order valence-corrected chi connectivity index (χ0v) is 14.0. The van der Waals surface area contributed by atoms with E-state index < -0.39 is 0 Å². The summed E-state index contributed by atoms with van der Waals surface area (Å²) in [4.78, 5) is 27.5. The SMILES string of the molecule is CN(C)CC(=O)N1CCc2ncnc(N3CCOCC3)c2CC1. The number of amides is 1. The molecule has 0 aliphatic carbocycles. The van der Waals surface area contributed by atoms with Crippen LogP contribution in [0.3, 0.4) is 0 Å². The van der Waals surface area contributed by atoms with Crippen molar-refractivity contribution in [2.24, 2.45) is 0 Å². The number of anilines is 1. The second kappa shape index (κ2) is 7.23. The third-order valence-electron chi connectivity index (χ3n) is 4.38. The number of ether oxygens (including phenoxy) is 1. The monoisotopic (exact) mass is 319 g/mol. The van der Waals surface area contributed by atoms with E-state index in [2.05, 4.69) is 14.9 Å². The molecule has 0 aromatic carbocycles. The molecular weight excluding hydrogens is 294 g/mol. The lowest BCUT2D eigenvalue weighted by Gasteiger charge is -2.29. The molecule has 0 unspecified atom stereocenters. The smallest absolute Gasteiger partial charge is 0.236 e. The van der Waals surface area contributed by atoms with Crippen molar-refractivity contribution in [1.82, 2.24) is 19.8 Å². The molecule has 1 aromatic heterocycles. The van der Waals surface area contributed by atoms with Gasteiger partial charge in [-0.25, -0.2) is 9.97 Å². The maximum atomic E-state index is 12.3. The number of fused-ring (bicyclic) bond motifs is 1. The number of hydrogen-bond acceptors (Lipinski definition) is 6. The van der Waals surface area contributed by atoms with Gasteiger partial charge < -0.3 is 19.4 Å². The maximum absolute atomic E-state index is 12.3. The molecule has 23 heavy (non-hydrogen) atoms. The van der Waals surface area contributed by atoms with Gasteiger partial charge in [0.25, 0.3) is 0 Å². The highest BCUT2D eigenvalue weighted by Crippen LogP contribution is 2.24. The molecule has 3 heterocycles. The van der Waals surface area contributed by atoms with Gasteiger partial charge in [-0.05, 0) is 20.5 Å². The zero-order valence-electron chi connectivity index (χ0n) is 14.0. The first-order valence-corrected chi connectivity index (χ1v) is 8.23. The van der Waals surface area contributed by atoms with Crippen LogP contribution in [0.15, 0.2) is 6.33 Å². The van der Waals surface area contributed by atoms with Crippen molar-refractivity contribution in [2.75, 3.05) is 64.9 Å². The highest BCUT2D eigenvalue weighted by molar-refractivity contribution is 5.78. The average molecular weight is 319 g/mol. The highest BCUT2D eigenvalue weighted by Gasteiger charge is 2.24. The topological polar surface area (TPSA) is 61.8 Å². The second-order valence-corrected chi connectivity index (χ2v) is 6.34. The molecule has 0 radical (unpaired) electrons. The van der Waals surface area contributed by atoms with E-state index in [9.17, 15) is 4.79 Å². The maximum Gasteiger partial charge on any atom is 0.236 e. The van der Waals surface area contributed by atoms with Crippen LogP contribution in [0.4, 0.5) is 5.82 Å². The number of likely N-dealkylation sites (N-methyl/N-ethyl adjacent to an activating group) is 1. The summed E-state index contributed by atoms with van der Waals surface area (Å²) < 4.78 is 5.43. The predicted molar refractivity (Wildman–Crippen MR) is 87.6 cm³/mol. The van der Waals surface area contributed by atoms with Gasteiger partial charge in [0, 0.05) is 38.2 Å². The van der Waals surface area contributed by atoms with Gasteiger partial charge in [-0.2, -0.15) is 0 Å². The summed E-state index contributed by atoms with van der Waals surface area (Å²) in [6.45, 7) is 5.15. The van der Waals surface area contributed by atoms with Gasteiger partial charge in [0.2, 0.25) is 5.91 Å². The molecule has 0 atom stereocenters. The van der Waals surface area contributed by atoms with Crippen LogP contribution < -0.4 is 4.90 Å². The summed E-state index contributed by atoms with van der Waals surface area (Å²) in [6.07, 6.45) is 3.28. The van der Waals surface area contributed by atoms with Crippen LogP contribution in [0.1, 0.15) is 11.3 Å². The third kappa shape index (κ3) is 3.79. The fourth-order valence-corrected chi connectivity index (χ4v) is 3.18. The van der Waals surface area contributed by atoms with Gasteiger partial charge in [-0.3, -0.25) is 4.79 Å². The van der Waals surface area contributed by atoms with Gasteiger partial charge >= 0.3 is 0 Å². The van der Waals surface area contributed by atoms with Gasteiger partial charge in [0.15, 0.2) is 0 Å². The molecule has 1 fully saturated rings. The van der Waals surface area contributed by atoms with E-state index in [4.69, 9.17) is 4.74 Å². The van der Waals surface area contributed by atoms with Crippen LogP contribution in [-0.4, -0.2) is 85.7 Å². The first-order valence-electron chi connectivity index (χ1n) is 8.23. The normalized spacial score (nSPS) is 18.7. The summed E-state index contributed by atoms with van der Waals surface area (Å²) in [6, 6.07) is 0. The number of rotatable bonds is 3. The Kier molecular flexibility index (Phi) is 5.07. The van der Waals surface area contributed by atoms with E-state index in [0.29, 0.717) is 6.54 Å². The molecule has 0 N–H and O–H groups in total. The van der Waals surface area contributed by atoms with Crippen LogP contribution in [0.5, 0.6) is 0 Å². The minimum absolute atomic E-state index is 0.184. The largest absolute Gasteiger partial charge is 0.378 e. The summed E-state index contributed by atoms with van der Waals surface area (Å²) in [7, 11) is 3.85. The molecule has 0 bridgehead atoms. The second-order valence-electron chi connectivity index (χ2n) is 6.34. The molecule has 1 saturated heterocycles. The van der Waals surface area contributed by atoms with Crippen LogP contribution in [0.2, 0.25) is 0 Å². The number of carbonyl (C=O) groups is 1. The molecule has 1 amide bonds. The van der Waals surface area contributed by atoms with Crippen molar-refractivity contribution >= 4 is 11.7 Å². The number of aromatic nitrogens is 2. The van der Waals surface area contributed by atoms with Crippen molar-refractivity contribution in [3.8, 4) is 0 Å². The molecule has 1 aromatic rings. The van der Waals surface area contributed by atoms with Crippen LogP contribution in [0.25, 0.3) is 0 Å². The Morgan fingerprint density at radius 3 is 2.65 bits per heavy atom. The Morgan fingerprint density at radius 1 is 1.17 bits per heavy atom. The van der Waals surface area contributed by atoms with Crippen LogP contribution in [0, 0.1) is 0 Å². The van der Waals surface area contributed by atoms with E-state index in [1.807, 2.05) is 23.9 Å². The third-order valence-corrected chi connectivity index (χ3v) is 4.38. The molecule has 2 aliphatic rings. The summed E-state index contributed by atoms with van der Waals surface area (Å²) in [5.74, 6) is 1.21. The fourth-order valence-electron chi connectivity index (χ4n) is 3.18. The Balaban J connectivity index is 1.75. The predicted octanol–water partition coefficient (Wildman–Crippen LogP) is -0.198. The summed E-state index contributed by atoms with van der Waals surface area (Å²) in [5.41, 5.74) is 2.29. The van der Waals surface area contributed by atoms with Crippen LogP contribution >= 0.6 is 0 Å². The lowest BCUT2D eigenvalue weighted by Crippen LogP contribution is -2.39. The van der Waals surface area contributed by atoms with Crippen molar-refractivity contribution in [2.45, 2.75) is 12.8 Å². The average Bonchev–Trinajstić information content (AvgIpc) is 2.77. The minimum Gasteiger partial charge on any atom is -0.378 e.